The number of rotatable bonds is 6. The van der Waals surface area contributed by atoms with Crippen molar-refractivity contribution in [2.75, 3.05) is 34.4 Å². The number of benzene rings is 2. The molecule has 6 heteroatoms. The molecule has 0 atom stereocenters. The van der Waals surface area contributed by atoms with Gasteiger partial charge in [-0.25, -0.2) is 0 Å². The highest BCUT2D eigenvalue weighted by molar-refractivity contribution is 5.97. The number of carbonyl (C=O) groups is 1. The molecule has 1 aliphatic rings. The van der Waals surface area contributed by atoms with Gasteiger partial charge in [0.25, 0.3) is 5.91 Å². The fourth-order valence-electron chi connectivity index (χ4n) is 4.40. The van der Waals surface area contributed by atoms with Gasteiger partial charge in [0.2, 0.25) is 0 Å². The monoisotopic (exact) mass is 446 g/mol. The number of carbonyl (C=O) groups excluding carboxylic acids is 1. The number of nitrogens with zero attached hydrogens (tertiary/aromatic N) is 2. The predicted octanol–water partition coefficient (Wildman–Crippen LogP) is 5.10. The van der Waals surface area contributed by atoms with Crippen LogP contribution < -0.4 is 14.2 Å². The molecular weight excluding hydrogens is 416 g/mol. The first-order chi connectivity index (χ1) is 16.0. The first kappa shape index (κ1) is 22.6. The maximum atomic E-state index is 13.2. The van der Waals surface area contributed by atoms with Gasteiger partial charge < -0.3 is 19.1 Å². The van der Waals surface area contributed by atoms with Gasteiger partial charge in [-0.2, -0.15) is 0 Å². The third kappa shape index (κ3) is 4.95. The molecule has 1 saturated heterocycles. The van der Waals surface area contributed by atoms with E-state index < -0.39 is 0 Å². The van der Waals surface area contributed by atoms with E-state index in [1.807, 2.05) is 30.0 Å². The average molecular weight is 447 g/mol. The Morgan fingerprint density at radius 3 is 2.30 bits per heavy atom. The second-order valence-electron chi connectivity index (χ2n) is 8.29. The second kappa shape index (κ2) is 9.94. The van der Waals surface area contributed by atoms with E-state index in [0.717, 1.165) is 41.1 Å². The van der Waals surface area contributed by atoms with Crippen molar-refractivity contribution in [3.63, 3.8) is 0 Å². The molecule has 1 fully saturated rings. The molecule has 0 saturated carbocycles. The minimum atomic E-state index is -0.0118. The van der Waals surface area contributed by atoms with Crippen molar-refractivity contribution in [2.24, 2.45) is 0 Å². The molecule has 172 valence electrons. The normalized spacial score (nSPS) is 14.1. The fourth-order valence-corrected chi connectivity index (χ4v) is 4.40. The predicted molar refractivity (Wildman–Crippen MR) is 128 cm³/mol. The first-order valence-corrected chi connectivity index (χ1v) is 11.2. The summed E-state index contributed by atoms with van der Waals surface area (Å²) in [7, 11) is 4.85. The number of methoxy groups -OCH3 is 3. The van der Waals surface area contributed by atoms with Crippen LogP contribution in [0.4, 0.5) is 0 Å². The largest absolute Gasteiger partial charge is 0.497 e. The van der Waals surface area contributed by atoms with Crippen molar-refractivity contribution in [1.29, 1.82) is 0 Å². The first-order valence-electron chi connectivity index (χ1n) is 11.2. The summed E-state index contributed by atoms with van der Waals surface area (Å²) in [6.45, 7) is 3.40. The van der Waals surface area contributed by atoms with Crippen molar-refractivity contribution in [2.45, 2.75) is 25.7 Å². The van der Waals surface area contributed by atoms with Crippen LogP contribution in [0.1, 0.15) is 40.5 Å². The number of hydrogen-bond acceptors (Lipinski definition) is 5. The molecule has 33 heavy (non-hydrogen) atoms. The number of amides is 1. The topological polar surface area (TPSA) is 60.9 Å². The fraction of sp³-hybridized carbons (Fsp3) is 0.333. The lowest BCUT2D eigenvalue weighted by Gasteiger charge is -2.32. The van der Waals surface area contributed by atoms with Crippen LogP contribution in [0.2, 0.25) is 0 Å². The molecule has 1 aromatic heterocycles. The van der Waals surface area contributed by atoms with Crippen LogP contribution in [0.15, 0.2) is 54.6 Å². The maximum Gasteiger partial charge on any atom is 0.257 e. The van der Waals surface area contributed by atoms with Gasteiger partial charge in [-0.1, -0.05) is 12.1 Å². The number of aromatic nitrogens is 1. The van der Waals surface area contributed by atoms with Gasteiger partial charge in [-0.05, 0) is 67.3 Å². The number of likely N-dealkylation sites (tertiary alicyclic amines) is 1. The minimum absolute atomic E-state index is 0.0118. The standard InChI is InChI=1S/C27H30N2O4/c1-18-14-21(20-6-5-7-22(15-20)31-2)16-25(28-18)19-10-12-29(13-11-19)27(30)24-9-8-23(32-3)17-26(24)33-4/h5-9,14-17,19H,10-13H2,1-4H3. The van der Waals surface area contributed by atoms with Crippen LogP contribution >= 0.6 is 0 Å². The molecule has 0 aliphatic carbocycles. The summed E-state index contributed by atoms with van der Waals surface area (Å²) >= 11 is 0. The smallest absolute Gasteiger partial charge is 0.257 e. The Bertz CT molecular complexity index is 1140. The molecule has 6 nitrogen and oxygen atoms in total. The lowest BCUT2D eigenvalue weighted by Crippen LogP contribution is -2.38. The summed E-state index contributed by atoms with van der Waals surface area (Å²) in [6, 6.07) is 17.7. The lowest BCUT2D eigenvalue weighted by molar-refractivity contribution is 0.0708. The van der Waals surface area contributed by atoms with E-state index >= 15 is 0 Å². The van der Waals surface area contributed by atoms with Crippen molar-refractivity contribution in [3.8, 4) is 28.4 Å². The summed E-state index contributed by atoms with van der Waals surface area (Å²) in [5.74, 6) is 2.34. The summed E-state index contributed by atoms with van der Waals surface area (Å²) < 4.78 is 16.1. The Hall–Kier alpha value is -3.54. The van der Waals surface area contributed by atoms with Gasteiger partial charge in [-0.15, -0.1) is 0 Å². The molecule has 0 radical (unpaired) electrons. The van der Waals surface area contributed by atoms with E-state index in [2.05, 4.69) is 18.2 Å². The Balaban J connectivity index is 1.49. The molecule has 0 unspecified atom stereocenters. The maximum absolute atomic E-state index is 13.2. The molecular formula is C27H30N2O4. The Morgan fingerprint density at radius 2 is 1.61 bits per heavy atom. The van der Waals surface area contributed by atoms with Gasteiger partial charge in [0.15, 0.2) is 0 Å². The summed E-state index contributed by atoms with van der Waals surface area (Å²) in [6.07, 6.45) is 1.75. The zero-order valence-corrected chi connectivity index (χ0v) is 19.6. The van der Waals surface area contributed by atoms with E-state index in [1.54, 1.807) is 39.5 Å². The van der Waals surface area contributed by atoms with Crippen LogP contribution in [-0.4, -0.2) is 50.2 Å². The number of hydrogen-bond donors (Lipinski definition) is 0. The summed E-state index contributed by atoms with van der Waals surface area (Å²) in [5.41, 5.74) is 4.89. The van der Waals surface area contributed by atoms with Gasteiger partial charge in [-0.3, -0.25) is 9.78 Å². The number of piperidine rings is 1. The van der Waals surface area contributed by atoms with Crippen LogP contribution in [0.25, 0.3) is 11.1 Å². The van der Waals surface area contributed by atoms with Gasteiger partial charge >= 0.3 is 0 Å². The van der Waals surface area contributed by atoms with E-state index in [1.165, 1.54) is 0 Å². The highest BCUT2D eigenvalue weighted by Gasteiger charge is 2.27. The lowest BCUT2D eigenvalue weighted by atomic mass is 9.90. The van der Waals surface area contributed by atoms with Crippen molar-refractivity contribution in [3.05, 3.63) is 71.5 Å². The molecule has 2 aromatic carbocycles. The highest BCUT2D eigenvalue weighted by Crippen LogP contribution is 2.33. The number of pyridine rings is 1. The van der Waals surface area contributed by atoms with E-state index in [4.69, 9.17) is 19.2 Å². The minimum Gasteiger partial charge on any atom is -0.497 e. The van der Waals surface area contributed by atoms with Crippen LogP contribution in [0.3, 0.4) is 0 Å². The Morgan fingerprint density at radius 1 is 0.879 bits per heavy atom. The SMILES string of the molecule is COc1cccc(-c2cc(C)nc(C3CCN(C(=O)c4ccc(OC)cc4OC)CC3)c2)c1. The van der Waals surface area contributed by atoms with Gasteiger partial charge in [0, 0.05) is 36.5 Å². The molecule has 0 N–H and O–H groups in total. The van der Waals surface area contributed by atoms with E-state index in [0.29, 0.717) is 36.1 Å². The van der Waals surface area contributed by atoms with Crippen molar-refractivity contribution < 1.29 is 19.0 Å². The van der Waals surface area contributed by atoms with E-state index in [9.17, 15) is 4.79 Å². The average Bonchev–Trinajstić information content (AvgIpc) is 2.87. The zero-order chi connectivity index (χ0) is 23.4. The highest BCUT2D eigenvalue weighted by atomic mass is 16.5. The summed E-state index contributed by atoms with van der Waals surface area (Å²) in [5, 5.41) is 0. The van der Waals surface area contributed by atoms with Crippen molar-refractivity contribution >= 4 is 5.91 Å². The molecule has 3 aromatic rings. The van der Waals surface area contributed by atoms with E-state index in [-0.39, 0.29) is 5.91 Å². The van der Waals surface area contributed by atoms with Crippen molar-refractivity contribution in [1.82, 2.24) is 9.88 Å². The van der Waals surface area contributed by atoms with Gasteiger partial charge in [0.1, 0.15) is 17.2 Å². The number of aryl methyl sites for hydroxylation is 1. The molecule has 0 spiro atoms. The zero-order valence-electron chi connectivity index (χ0n) is 19.6. The van der Waals surface area contributed by atoms with Crippen LogP contribution in [-0.2, 0) is 0 Å². The molecule has 4 rings (SSSR count). The molecule has 2 heterocycles. The van der Waals surface area contributed by atoms with Crippen LogP contribution in [0, 0.1) is 6.92 Å². The van der Waals surface area contributed by atoms with Gasteiger partial charge in [0.05, 0.1) is 26.9 Å². The Labute approximate surface area is 195 Å². The molecule has 1 amide bonds. The third-order valence-corrected chi connectivity index (χ3v) is 6.22. The summed E-state index contributed by atoms with van der Waals surface area (Å²) in [4.78, 5) is 19.9. The molecule has 1 aliphatic heterocycles. The third-order valence-electron chi connectivity index (χ3n) is 6.22. The molecule has 0 bridgehead atoms. The Kier molecular flexibility index (Phi) is 6.82. The second-order valence-corrected chi connectivity index (χ2v) is 8.29. The van der Waals surface area contributed by atoms with Crippen LogP contribution in [0.5, 0.6) is 17.2 Å². The quantitative estimate of drug-likeness (QED) is 0.527. The number of ether oxygens (including phenoxy) is 3.